The van der Waals surface area contributed by atoms with Gasteiger partial charge in [-0.1, -0.05) is 138 Å². The van der Waals surface area contributed by atoms with Gasteiger partial charge in [0.25, 0.3) is 35.4 Å². The fraction of sp³-hybridized carbons (Fsp3) is 0.653. The molecule has 36 nitrogen and oxygen atoms in total. The Morgan fingerprint density at radius 3 is 0.876 bits per heavy atom. The van der Waals surface area contributed by atoms with Gasteiger partial charge in [-0.25, -0.2) is 33.6 Å². The van der Waals surface area contributed by atoms with E-state index < -0.39 is 71.3 Å². The molecule has 0 aromatic rings. The monoisotopic (exact) mass is 1910 g/mol. The van der Waals surface area contributed by atoms with E-state index in [1.54, 1.807) is 6.92 Å². The molecule has 17 fully saturated rings. The Balaban J connectivity index is 0.000000154. The largest absolute Gasteiger partial charge is 0.459 e. The van der Waals surface area contributed by atoms with Crippen molar-refractivity contribution >= 4 is 124 Å². The second-order valence-corrected chi connectivity index (χ2v) is 40.9. The predicted molar refractivity (Wildman–Crippen MR) is 485 cm³/mol. The summed E-state index contributed by atoms with van der Waals surface area (Å²) in [4.78, 5) is 255. The van der Waals surface area contributed by atoms with Crippen molar-refractivity contribution in [2.45, 2.75) is 319 Å². The molecule has 9 saturated carbocycles. The Morgan fingerprint density at radius 2 is 0.613 bits per heavy atom. The summed E-state index contributed by atoms with van der Waals surface area (Å²) < 4.78 is 39.3. The van der Waals surface area contributed by atoms with Crippen molar-refractivity contribution in [3.63, 3.8) is 0 Å². The third-order valence-electron chi connectivity index (χ3n) is 31.9. The summed E-state index contributed by atoms with van der Waals surface area (Å²) in [5, 5.41) is 0. The van der Waals surface area contributed by atoms with Crippen LogP contribution >= 0.6 is 0 Å². The van der Waals surface area contributed by atoms with Crippen molar-refractivity contribution in [2.75, 3.05) is 52.9 Å². The number of esters is 7. The van der Waals surface area contributed by atoms with E-state index in [4.69, 9.17) is 33.2 Å². The van der Waals surface area contributed by atoms with Crippen LogP contribution in [0.3, 0.4) is 0 Å². The second-order valence-electron chi connectivity index (χ2n) is 40.9. The van der Waals surface area contributed by atoms with Crippen LogP contribution in [0.15, 0.2) is 86.6 Å². The van der Waals surface area contributed by atoms with Gasteiger partial charge in [0.05, 0.1) is 96.9 Å². The molecule has 17 aliphatic rings. The summed E-state index contributed by atoms with van der Waals surface area (Å²) in [6.45, 7) is 37.2. The second kappa shape index (κ2) is 43.2. The van der Waals surface area contributed by atoms with E-state index in [-0.39, 0.29) is 178 Å². The summed E-state index contributed by atoms with van der Waals surface area (Å²) in [5.74, 6) is -5.98. The van der Waals surface area contributed by atoms with Gasteiger partial charge in [-0.05, 0) is 178 Å². The van der Waals surface area contributed by atoms with Crippen LogP contribution in [-0.4, -0.2) is 257 Å². The number of carbonyl (C=O) groups is 21. The van der Waals surface area contributed by atoms with E-state index in [1.165, 1.54) is 67.9 Å². The predicted octanol–water partition coefficient (Wildman–Crippen LogP) is 9.49. The first-order chi connectivity index (χ1) is 64.6. The number of carbonyl (C=O) groups excluding carboxylic acids is 21. The maximum absolute atomic E-state index is 12.5. The van der Waals surface area contributed by atoms with E-state index in [0.717, 1.165) is 159 Å². The molecule has 8 aliphatic heterocycles. The van der Waals surface area contributed by atoms with Gasteiger partial charge in [-0.3, -0.25) is 101 Å². The Hall–Kier alpha value is -11.6. The summed E-state index contributed by atoms with van der Waals surface area (Å²) in [6.07, 6.45) is 32.5. The summed E-state index contributed by atoms with van der Waals surface area (Å²) in [5.41, 5.74) is -0.824. The fourth-order valence-electron chi connectivity index (χ4n) is 24.7. The fourth-order valence-corrected chi connectivity index (χ4v) is 24.7. The maximum atomic E-state index is 12.5. The van der Waals surface area contributed by atoms with Crippen LogP contribution in [0.4, 0.5) is 0 Å². The lowest BCUT2D eigenvalue weighted by Gasteiger charge is -2.61. The summed E-state index contributed by atoms with van der Waals surface area (Å²) in [7, 11) is 0. The average Bonchev–Trinajstić information content (AvgIpc) is 1.51. The van der Waals surface area contributed by atoms with Crippen molar-refractivity contribution in [1.29, 1.82) is 0 Å². The minimum Gasteiger partial charge on any atom is -0.459 e. The van der Waals surface area contributed by atoms with E-state index >= 15 is 0 Å². The lowest BCUT2D eigenvalue weighted by atomic mass is 9.57. The molecule has 8 atom stereocenters. The molecule has 0 aromatic carbocycles. The molecule has 6 spiro atoms. The highest BCUT2D eigenvalue weighted by molar-refractivity contribution is 6.08. The molecule has 0 radical (unpaired) electrons. The number of nitrogens with zero attached hydrogens (tertiary/aromatic N) is 7. The zero-order valence-corrected chi connectivity index (χ0v) is 80.5. The highest BCUT2D eigenvalue weighted by atomic mass is 16.6. The zero-order chi connectivity index (χ0) is 101. The molecule has 8 saturated heterocycles. The third-order valence-corrected chi connectivity index (χ3v) is 31.9. The number of hydrogen-bond donors (Lipinski definition) is 0. The highest BCUT2D eigenvalue weighted by Gasteiger charge is 2.75. The van der Waals surface area contributed by atoms with Crippen LogP contribution in [0.2, 0.25) is 0 Å². The summed E-state index contributed by atoms with van der Waals surface area (Å²) >= 11 is 0. The molecule has 9 aliphatic carbocycles. The number of β-lactam (4-membered cyclic amide) rings is 7. The quantitative estimate of drug-likeness (QED) is 0.0339. The topological polar surface area (TPSA) is 455 Å². The van der Waals surface area contributed by atoms with E-state index in [1.807, 2.05) is 0 Å². The van der Waals surface area contributed by atoms with Crippen LogP contribution in [-0.2, 0) is 139 Å². The minimum atomic E-state index is -0.646. The molecule has 137 heavy (non-hydrogen) atoms. The lowest BCUT2D eigenvalue weighted by Crippen LogP contribution is -2.74. The van der Waals surface area contributed by atoms with Gasteiger partial charge in [-0.2, -0.15) is 0 Å². The number of imide groups is 7. The number of ether oxygens (including phenoxy) is 8. The van der Waals surface area contributed by atoms with Gasteiger partial charge in [0.15, 0.2) is 39.6 Å². The van der Waals surface area contributed by atoms with Gasteiger partial charge in [0.2, 0.25) is 47.3 Å². The Morgan fingerprint density at radius 1 is 0.343 bits per heavy atom. The number of likely N-dealkylation sites (tertiary alicyclic amines) is 7. The molecule has 14 amide bonds. The third kappa shape index (κ3) is 21.2. The number of fused-ring (bicyclic) bond motifs is 7. The van der Waals surface area contributed by atoms with Crippen LogP contribution in [0.5, 0.6) is 0 Å². The van der Waals surface area contributed by atoms with Gasteiger partial charge < -0.3 is 37.9 Å². The molecule has 8 unspecified atom stereocenters. The van der Waals surface area contributed by atoms with Gasteiger partial charge >= 0.3 is 41.8 Å². The molecule has 17 rings (SSSR count). The van der Waals surface area contributed by atoms with Crippen LogP contribution in [0.25, 0.3) is 0 Å². The Bertz CT molecular complexity index is 4960. The number of rotatable bonds is 21. The molecular formula is C101H133N7O29. The van der Waals surface area contributed by atoms with Gasteiger partial charge in [-0.15, -0.1) is 0 Å². The van der Waals surface area contributed by atoms with Gasteiger partial charge in [0.1, 0.15) is 6.10 Å². The molecule has 0 N–H and O–H groups in total. The average molecular weight is 1910 g/mol. The standard InChI is InChI=1S/C17H23NO4.C16H21NO5.C16H21NO4.C14H19NO4.2C13H17NO4.C12H15NO4/c1-10(2)15(21)22-9-14(20)18-13(19)8-17(18)12-6-5-11(7-12)16(17,3)4;1-9(2)16(20)22-11-5-3-10(4-6-11)14(18)17-13-8-21-7-12(13)15(17)19;1-4-14(20)21-9-13(19)17-12(18)8-16(17)11-6-5-10(7-11)15(16,2)3;1-10(2)13(18)19-9-12(17)15-11(16)8-14(15)6-4-3-5-7-14;1-9(2)12(17)18-8-11(16)14-10(15)7-13(14)5-3-4-6-13;1-2-12(17)18-9-11(16)14-10(15)8-13(14)6-4-3-5-7-13;1-2-11(16)17-8-10(15)13-9(14)7-12(13)5-3-4-6-12/h11-12H,1,5-9H2,2-4H3;10-13H,1,3-8H2,2H3;4,10-11H,1,5-9H2,2-3H3;1,3-9H2,2H3;1,3-8H2,2H3;2H,1,3-9H2;2H,1,3-8H2. The Labute approximate surface area is 798 Å². The normalized spacial score (nSPS) is 27.5. The van der Waals surface area contributed by atoms with Crippen molar-refractivity contribution in [1.82, 2.24) is 34.3 Å². The SMILES string of the molecule is C=C(C)C(=O)OC1CCC(C(=O)N2C(=O)C3COCC32)CC1.C=C(C)C(=O)OCC(=O)N1C(=O)CC12C1CCC(C1)C2(C)C.C=C(C)C(=O)OCC(=O)N1C(=O)CC12CCCC2.C=C(C)C(=O)OCC(=O)N1C(=O)CC12CCCCC2.C=CC(=O)OCC(=O)N1C(=O)CC12C1CCC(C1)C2(C)C.C=CC(=O)OCC(=O)N1C(=O)CC12CCCC2.C=CC(=O)OCC(=O)N1C(=O)CC12CCCCC2. The highest BCUT2D eigenvalue weighted by Crippen LogP contribution is 2.70. The van der Waals surface area contributed by atoms with Crippen molar-refractivity contribution in [3.8, 4) is 0 Å². The molecule has 8 heterocycles. The minimum absolute atomic E-state index is 0.0536. The number of amides is 14. The smallest absolute Gasteiger partial charge is 0.333 e. The molecular weight excluding hydrogens is 1780 g/mol. The van der Waals surface area contributed by atoms with Crippen molar-refractivity contribution in [2.24, 2.45) is 46.3 Å². The lowest BCUT2D eigenvalue weighted by molar-refractivity contribution is -0.190. The van der Waals surface area contributed by atoms with Crippen molar-refractivity contribution in [3.05, 3.63) is 86.6 Å². The van der Waals surface area contributed by atoms with Gasteiger partial charge in [0, 0.05) is 46.4 Å². The first-order valence-electron chi connectivity index (χ1n) is 48.0. The van der Waals surface area contributed by atoms with E-state index in [0.29, 0.717) is 107 Å². The van der Waals surface area contributed by atoms with Crippen LogP contribution in [0.1, 0.15) is 274 Å². The summed E-state index contributed by atoms with van der Waals surface area (Å²) in [6, 6.07) is -0.0565. The first-order valence-corrected chi connectivity index (χ1v) is 48.0. The maximum Gasteiger partial charge on any atom is 0.333 e. The zero-order valence-electron chi connectivity index (χ0n) is 80.5. The van der Waals surface area contributed by atoms with Crippen molar-refractivity contribution < 1.29 is 139 Å². The molecule has 36 heteroatoms. The van der Waals surface area contributed by atoms with E-state index in [2.05, 4.69) is 78.5 Å². The molecule has 746 valence electrons. The number of hydrogen-bond acceptors (Lipinski definition) is 29. The van der Waals surface area contributed by atoms with Crippen LogP contribution in [0, 0.1) is 46.3 Å². The molecule has 0 aromatic heterocycles. The Kier molecular flexibility index (Phi) is 33.4. The van der Waals surface area contributed by atoms with E-state index in [9.17, 15) is 101 Å². The molecule has 4 bridgehead atoms. The van der Waals surface area contributed by atoms with Crippen LogP contribution < -0.4 is 0 Å². The first kappa shape index (κ1) is 106.